The van der Waals surface area contributed by atoms with Crippen LogP contribution in [0.15, 0.2) is 12.2 Å². The minimum absolute atomic E-state index is 0.120. The number of ether oxygens (including phenoxy) is 3. The Morgan fingerprint density at radius 2 is 2.05 bits per heavy atom. The molecule has 0 bridgehead atoms. The highest BCUT2D eigenvalue weighted by atomic mass is 16.6. The molecule has 0 amide bonds. The summed E-state index contributed by atoms with van der Waals surface area (Å²) >= 11 is 0. The molecule has 2 N–H and O–H groups in total. The fraction of sp³-hybridized carbons (Fsp3) is 0.692. The van der Waals surface area contributed by atoms with Crippen molar-refractivity contribution in [3.05, 3.63) is 12.2 Å². The number of carbonyl (C=O) groups is 2. The topological polar surface area (TPSA) is 87.8 Å². The zero-order valence-corrected chi connectivity index (χ0v) is 11.5. The van der Waals surface area contributed by atoms with Gasteiger partial charge < -0.3 is 19.9 Å². The van der Waals surface area contributed by atoms with Crippen LogP contribution in [0.2, 0.25) is 0 Å². The first-order valence-corrected chi connectivity index (χ1v) is 6.26. The lowest BCUT2D eigenvalue weighted by Gasteiger charge is -2.39. The molecule has 0 radical (unpaired) electrons. The molecule has 0 spiro atoms. The quantitative estimate of drug-likeness (QED) is 0.588. The average molecular weight is 271 g/mol. The monoisotopic (exact) mass is 271 g/mol. The van der Waals surface area contributed by atoms with Crippen LogP contribution >= 0.6 is 0 Å². The Kier molecular flexibility index (Phi) is 5.98. The van der Waals surface area contributed by atoms with E-state index in [1.807, 2.05) is 19.1 Å². The molecule has 4 unspecified atom stereocenters. The first-order valence-electron chi connectivity index (χ1n) is 6.26. The summed E-state index contributed by atoms with van der Waals surface area (Å²) in [5, 5.41) is 0. The Morgan fingerprint density at radius 3 is 2.58 bits per heavy atom. The van der Waals surface area contributed by atoms with Crippen LogP contribution in [0.1, 0.15) is 20.8 Å². The van der Waals surface area contributed by atoms with Crippen LogP contribution in [0.5, 0.6) is 0 Å². The predicted octanol–water partition coefficient (Wildman–Crippen LogP) is 0.400. The molecule has 4 atom stereocenters. The van der Waals surface area contributed by atoms with E-state index in [9.17, 15) is 9.59 Å². The van der Waals surface area contributed by atoms with Crippen molar-refractivity contribution >= 4 is 11.9 Å². The molecule has 1 heterocycles. The lowest BCUT2D eigenvalue weighted by molar-refractivity contribution is -0.170. The SMILES string of the molecule is C/C=C/C1C(COC(C)=O)OCC(N)C1OC(C)=O. The maximum atomic E-state index is 11.2. The standard InChI is InChI=1S/C13H21NO5/c1-4-5-10-12(7-17-8(2)15)18-6-11(14)13(10)19-9(3)16/h4-5,10-13H,6-7,14H2,1-3H3/b5-4+. The lowest BCUT2D eigenvalue weighted by atomic mass is 9.88. The second-order valence-electron chi connectivity index (χ2n) is 4.52. The highest BCUT2D eigenvalue weighted by Crippen LogP contribution is 2.25. The molecular formula is C13H21NO5. The van der Waals surface area contributed by atoms with E-state index in [1.165, 1.54) is 13.8 Å². The molecular weight excluding hydrogens is 250 g/mol. The van der Waals surface area contributed by atoms with Gasteiger partial charge in [0, 0.05) is 19.8 Å². The number of hydrogen-bond donors (Lipinski definition) is 1. The average Bonchev–Trinajstić information content (AvgIpc) is 2.32. The summed E-state index contributed by atoms with van der Waals surface area (Å²) < 4.78 is 15.8. The summed E-state index contributed by atoms with van der Waals surface area (Å²) in [6.45, 7) is 4.92. The summed E-state index contributed by atoms with van der Waals surface area (Å²) in [7, 11) is 0. The maximum Gasteiger partial charge on any atom is 0.302 e. The Bertz CT molecular complexity index is 355. The summed E-state index contributed by atoms with van der Waals surface area (Å²) in [6.07, 6.45) is 2.87. The Labute approximate surface area is 112 Å². The molecule has 0 aromatic rings. The molecule has 0 aromatic carbocycles. The van der Waals surface area contributed by atoms with Crippen LogP contribution in [-0.2, 0) is 23.8 Å². The van der Waals surface area contributed by atoms with Crippen LogP contribution in [0.4, 0.5) is 0 Å². The Hall–Kier alpha value is -1.40. The minimum Gasteiger partial charge on any atom is -0.463 e. The van der Waals surface area contributed by atoms with Gasteiger partial charge in [-0.2, -0.15) is 0 Å². The van der Waals surface area contributed by atoms with Crippen molar-refractivity contribution < 1.29 is 23.8 Å². The van der Waals surface area contributed by atoms with E-state index in [4.69, 9.17) is 19.9 Å². The van der Waals surface area contributed by atoms with E-state index in [-0.39, 0.29) is 37.2 Å². The largest absolute Gasteiger partial charge is 0.463 e. The third-order valence-corrected chi connectivity index (χ3v) is 2.90. The highest BCUT2D eigenvalue weighted by molar-refractivity contribution is 5.66. The molecule has 6 heteroatoms. The van der Waals surface area contributed by atoms with Crippen molar-refractivity contribution in [1.82, 2.24) is 0 Å². The van der Waals surface area contributed by atoms with Crippen LogP contribution in [0.25, 0.3) is 0 Å². The second-order valence-corrected chi connectivity index (χ2v) is 4.52. The van der Waals surface area contributed by atoms with Gasteiger partial charge in [0.05, 0.1) is 12.6 Å². The number of rotatable bonds is 4. The van der Waals surface area contributed by atoms with E-state index in [1.54, 1.807) is 0 Å². The zero-order valence-electron chi connectivity index (χ0n) is 11.5. The Morgan fingerprint density at radius 1 is 1.37 bits per heavy atom. The molecule has 19 heavy (non-hydrogen) atoms. The molecule has 108 valence electrons. The van der Waals surface area contributed by atoms with Gasteiger partial charge in [-0.25, -0.2) is 0 Å². The van der Waals surface area contributed by atoms with E-state index in [2.05, 4.69) is 0 Å². The van der Waals surface area contributed by atoms with E-state index >= 15 is 0 Å². The van der Waals surface area contributed by atoms with Crippen LogP contribution < -0.4 is 5.73 Å². The van der Waals surface area contributed by atoms with Gasteiger partial charge >= 0.3 is 11.9 Å². The third kappa shape index (κ3) is 4.65. The molecule has 1 rings (SSSR count). The van der Waals surface area contributed by atoms with Crippen LogP contribution in [0, 0.1) is 5.92 Å². The summed E-state index contributed by atoms with van der Waals surface area (Å²) in [5.74, 6) is -0.984. The molecule has 0 saturated carbocycles. The number of carbonyl (C=O) groups excluding carboxylic acids is 2. The molecule has 1 saturated heterocycles. The van der Waals surface area contributed by atoms with Crippen molar-refractivity contribution in [3.63, 3.8) is 0 Å². The van der Waals surface area contributed by atoms with Gasteiger partial charge in [0.1, 0.15) is 18.8 Å². The van der Waals surface area contributed by atoms with Crippen molar-refractivity contribution in [2.75, 3.05) is 13.2 Å². The molecule has 6 nitrogen and oxygen atoms in total. The van der Waals surface area contributed by atoms with Crippen molar-refractivity contribution in [1.29, 1.82) is 0 Å². The summed E-state index contributed by atoms with van der Waals surface area (Å²) in [4.78, 5) is 22.0. The zero-order chi connectivity index (χ0) is 14.4. The van der Waals surface area contributed by atoms with Gasteiger partial charge in [-0.05, 0) is 6.92 Å². The number of esters is 2. The smallest absolute Gasteiger partial charge is 0.302 e. The van der Waals surface area contributed by atoms with Crippen molar-refractivity contribution in [3.8, 4) is 0 Å². The van der Waals surface area contributed by atoms with Crippen LogP contribution in [0.3, 0.4) is 0 Å². The minimum atomic E-state index is -0.469. The van der Waals surface area contributed by atoms with E-state index < -0.39 is 12.1 Å². The van der Waals surface area contributed by atoms with Gasteiger partial charge in [0.25, 0.3) is 0 Å². The first kappa shape index (κ1) is 15.7. The summed E-state index contributed by atoms with van der Waals surface area (Å²) in [5.41, 5.74) is 5.92. The van der Waals surface area contributed by atoms with Crippen molar-refractivity contribution in [2.45, 2.75) is 39.0 Å². The molecule has 0 aromatic heterocycles. The van der Waals surface area contributed by atoms with Gasteiger partial charge in [0.2, 0.25) is 0 Å². The lowest BCUT2D eigenvalue weighted by Crippen LogP contribution is -2.55. The maximum absolute atomic E-state index is 11.2. The van der Waals surface area contributed by atoms with Crippen molar-refractivity contribution in [2.24, 2.45) is 11.7 Å². The normalized spacial score (nSPS) is 31.2. The van der Waals surface area contributed by atoms with Gasteiger partial charge in [-0.15, -0.1) is 0 Å². The molecule has 0 aliphatic carbocycles. The van der Waals surface area contributed by atoms with Gasteiger partial charge in [-0.1, -0.05) is 12.2 Å². The Balaban J connectivity index is 2.80. The molecule has 1 aliphatic heterocycles. The van der Waals surface area contributed by atoms with E-state index in [0.29, 0.717) is 0 Å². The fourth-order valence-corrected chi connectivity index (χ4v) is 2.11. The molecule has 1 aliphatic rings. The highest BCUT2D eigenvalue weighted by Gasteiger charge is 2.40. The first-order chi connectivity index (χ1) is 8.95. The van der Waals surface area contributed by atoms with E-state index in [0.717, 1.165) is 0 Å². The second kappa shape index (κ2) is 7.25. The molecule has 1 fully saturated rings. The third-order valence-electron chi connectivity index (χ3n) is 2.90. The van der Waals surface area contributed by atoms with Gasteiger partial charge in [-0.3, -0.25) is 9.59 Å². The fourth-order valence-electron chi connectivity index (χ4n) is 2.11. The summed E-state index contributed by atoms with van der Waals surface area (Å²) in [6, 6.07) is -0.390. The number of hydrogen-bond acceptors (Lipinski definition) is 6. The van der Waals surface area contributed by atoms with Crippen LogP contribution in [-0.4, -0.2) is 43.4 Å². The predicted molar refractivity (Wildman–Crippen MR) is 68.2 cm³/mol. The van der Waals surface area contributed by atoms with Gasteiger partial charge in [0.15, 0.2) is 0 Å². The number of allylic oxidation sites excluding steroid dienone is 1. The number of nitrogens with two attached hydrogens (primary N) is 1.